The van der Waals surface area contributed by atoms with Gasteiger partial charge >= 0.3 is 0 Å². The number of para-hydroxylation sites is 1. The Morgan fingerprint density at radius 1 is 1.07 bits per heavy atom. The van der Waals surface area contributed by atoms with Gasteiger partial charge in [0.05, 0.1) is 29.5 Å². The van der Waals surface area contributed by atoms with Crippen molar-refractivity contribution >= 4 is 17.7 Å². The molecule has 4 aromatic rings. The zero-order valence-electron chi connectivity index (χ0n) is 16.1. The van der Waals surface area contributed by atoms with E-state index in [0.29, 0.717) is 11.5 Å². The first-order valence-electron chi connectivity index (χ1n) is 9.17. The average molecular weight is 384 g/mol. The minimum atomic E-state index is -0.238. The van der Waals surface area contributed by atoms with Crippen molar-refractivity contribution in [1.29, 1.82) is 0 Å². The minimum absolute atomic E-state index is 0.238. The van der Waals surface area contributed by atoms with E-state index in [-0.39, 0.29) is 5.91 Å². The molecule has 1 N–H and O–H groups in total. The summed E-state index contributed by atoms with van der Waals surface area (Å²) >= 11 is 0. The van der Waals surface area contributed by atoms with E-state index in [2.05, 4.69) is 20.5 Å². The van der Waals surface area contributed by atoms with E-state index in [1.165, 1.54) is 6.08 Å². The molecule has 3 heterocycles. The van der Waals surface area contributed by atoms with Gasteiger partial charge in [0.25, 0.3) is 0 Å². The number of aromatic nitrogens is 5. The molecule has 0 atom stereocenters. The Morgan fingerprint density at radius 2 is 1.90 bits per heavy atom. The summed E-state index contributed by atoms with van der Waals surface area (Å²) in [6, 6.07) is 15.4. The van der Waals surface area contributed by atoms with Crippen molar-refractivity contribution in [2.75, 3.05) is 5.32 Å². The van der Waals surface area contributed by atoms with Crippen molar-refractivity contribution in [1.82, 2.24) is 24.5 Å². The van der Waals surface area contributed by atoms with Gasteiger partial charge in [-0.15, -0.1) is 0 Å². The second-order valence-corrected chi connectivity index (χ2v) is 6.62. The number of carbonyl (C=O) groups is 1. The van der Waals surface area contributed by atoms with Crippen molar-refractivity contribution in [3.05, 3.63) is 90.1 Å². The van der Waals surface area contributed by atoms with E-state index in [1.54, 1.807) is 33.9 Å². The third-order valence-electron chi connectivity index (χ3n) is 4.29. The molecule has 1 aromatic carbocycles. The van der Waals surface area contributed by atoms with E-state index < -0.39 is 0 Å². The molecule has 3 aromatic heterocycles. The van der Waals surface area contributed by atoms with Crippen LogP contribution in [0.3, 0.4) is 0 Å². The highest BCUT2D eigenvalue weighted by atomic mass is 16.1. The molecular formula is C22H20N6O. The van der Waals surface area contributed by atoms with Crippen molar-refractivity contribution < 1.29 is 4.79 Å². The molecule has 1 amide bonds. The van der Waals surface area contributed by atoms with Crippen molar-refractivity contribution in [3.8, 4) is 11.5 Å². The van der Waals surface area contributed by atoms with Crippen LogP contribution in [0.1, 0.15) is 17.0 Å². The van der Waals surface area contributed by atoms with Crippen LogP contribution in [0.15, 0.2) is 73.2 Å². The topological polar surface area (TPSA) is 77.6 Å². The Balaban J connectivity index is 1.40. The number of carbonyl (C=O) groups excluding carboxylic acids is 1. The van der Waals surface area contributed by atoms with Gasteiger partial charge < -0.3 is 5.32 Å². The normalized spacial score (nSPS) is 11.1. The van der Waals surface area contributed by atoms with Gasteiger partial charge in [-0.2, -0.15) is 10.2 Å². The Bertz CT molecular complexity index is 1160. The lowest BCUT2D eigenvalue weighted by molar-refractivity contribution is -0.111. The number of nitrogens with one attached hydrogen (secondary N) is 1. The van der Waals surface area contributed by atoms with Crippen LogP contribution in [0.5, 0.6) is 0 Å². The van der Waals surface area contributed by atoms with Gasteiger partial charge in [0.15, 0.2) is 5.82 Å². The molecule has 0 spiro atoms. The summed E-state index contributed by atoms with van der Waals surface area (Å²) in [4.78, 5) is 16.6. The van der Waals surface area contributed by atoms with E-state index in [0.717, 1.165) is 22.6 Å². The zero-order valence-corrected chi connectivity index (χ0v) is 16.1. The fourth-order valence-corrected chi connectivity index (χ4v) is 2.95. The van der Waals surface area contributed by atoms with Gasteiger partial charge in [0.2, 0.25) is 5.91 Å². The molecular weight excluding hydrogens is 364 g/mol. The molecule has 0 radical (unpaired) electrons. The molecule has 144 valence electrons. The fourth-order valence-electron chi connectivity index (χ4n) is 2.95. The van der Waals surface area contributed by atoms with Crippen LogP contribution in [0, 0.1) is 13.8 Å². The van der Waals surface area contributed by atoms with Crippen molar-refractivity contribution in [2.45, 2.75) is 13.8 Å². The fraction of sp³-hybridized carbons (Fsp3) is 0.0909. The number of benzene rings is 1. The number of hydrogen-bond acceptors (Lipinski definition) is 4. The largest absolute Gasteiger partial charge is 0.321 e. The molecule has 0 aliphatic heterocycles. The number of pyridine rings is 1. The lowest BCUT2D eigenvalue weighted by Gasteiger charge is -2.05. The molecule has 4 rings (SSSR count). The third-order valence-corrected chi connectivity index (χ3v) is 4.29. The third kappa shape index (κ3) is 4.30. The summed E-state index contributed by atoms with van der Waals surface area (Å²) in [6.45, 7) is 3.91. The Kier molecular flexibility index (Phi) is 5.03. The highest BCUT2D eigenvalue weighted by molar-refractivity contribution is 6.01. The molecule has 0 aliphatic rings. The Morgan fingerprint density at radius 3 is 2.59 bits per heavy atom. The van der Waals surface area contributed by atoms with Gasteiger partial charge in [-0.05, 0) is 50.3 Å². The first kappa shape index (κ1) is 18.4. The van der Waals surface area contributed by atoms with Crippen LogP contribution in [-0.2, 0) is 4.79 Å². The first-order chi connectivity index (χ1) is 14.1. The van der Waals surface area contributed by atoms with E-state index in [9.17, 15) is 4.79 Å². The van der Waals surface area contributed by atoms with E-state index >= 15 is 0 Å². The molecule has 29 heavy (non-hydrogen) atoms. The van der Waals surface area contributed by atoms with Crippen LogP contribution in [-0.4, -0.2) is 30.5 Å². The summed E-state index contributed by atoms with van der Waals surface area (Å²) in [6.07, 6.45) is 8.39. The maximum Gasteiger partial charge on any atom is 0.248 e. The SMILES string of the molecule is Cc1cc(C)n(-c2ccc(NC(=O)/C=C/c3cnn(-c4ccccc4)c3)cn2)n1. The van der Waals surface area contributed by atoms with E-state index in [4.69, 9.17) is 0 Å². The smallest absolute Gasteiger partial charge is 0.248 e. The molecule has 0 fully saturated rings. The maximum absolute atomic E-state index is 12.2. The zero-order chi connectivity index (χ0) is 20.2. The summed E-state index contributed by atoms with van der Waals surface area (Å²) in [5.41, 5.74) is 4.35. The number of hydrogen-bond donors (Lipinski definition) is 1. The van der Waals surface area contributed by atoms with Gasteiger partial charge in [-0.25, -0.2) is 14.3 Å². The lowest BCUT2D eigenvalue weighted by Crippen LogP contribution is -2.09. The summed E-state index contributed by atoms with van der Waals surface area (Å²) in [5, 5.41) is 11.5. The lowest BCUT2D eigenvalue weighted by atomic mass is 10.3. The number of anilines is 1. The minimum Gasteiger partial charge on any atom is -0.321 e. The van der Waals surface area contributed by atoms with Crippen molar-refractivity contribution in [2.24, 2.45) is 0 Å². The number of amides is 1. The standard InChI is InChI=1S/C22H20N6O/c1-16-12-17(2)28(26-16)21-10-9-19(14-23-21)25-22(29)11-8-18-13-24-27(15-18)20-6-4-3-5-7-20/h3-15H,1-2H3,(H,25,29)/b11-8+. The predicted molar refractivity (Wildman–Crippen MR) is 112 cm³/mol. The van der Waals surface area contributed by atoms with Crippen LogP contribution in [0.2, 0.25) is 0 Å². The van der Waals surface area contributed by atoms with E-state index in [1.807, 2.05) is 62.5 Å². The summed E-state index contributed by atoms with van der Waals surface area (Å²) < 4.78 is 3.53. The first-order valence-corrected chi connectivity index (χ1v) is 9.17. The van der Waals surface area contributed by atoms with Crippen LogP contribution < -0.4 is 5.32 Å². The van der Waals surface area contributed by atoms with Gasteiger partial charge in [0.1, 0.15) is 0 Å². The molecule has 0 saturated heterocycles. The molecule has 0 aliphatic carbocycles. The van der Waals surface area contributed by atoms with Gasteiger partial charge in [-0.1, -0.05) is 18.2 Å². The van der Waals surface area contributed by atoms with Crippen molar-refractivity contribution in [3.63, 3.8) is 0 Å². The maximum atomic E-state index is 12.2. The van der Waals surface area contributed by atoms with Gasteiger partial charge in [0, 0.05) is 23.5 Å². The number of rotatable bonds is 5. The highest BCUT2D eigenvalue weighted by Gasteiger charge is 2.06. The molecule has 7 heteroatoms. The average Bonchev–Trinajstić information content (AvgIpc) is 3.34. The summed E-state index contributed by atoms with van der Waals surface area (Å²) in [5.74, 6) is 0.468. The Hall–Kier alpha value is -4.00. The number of nitrogens with zero attached hydrogens (tertiary/aromatic N) is 5. The second kappa shape index (κ2) is 7.93. The second-order valence-electron chi connectivity index (χ2n) is 6.62. The quantitative estimate of drug-likeness (QED) is 0.532. The molecule has 7 nitrogen and oxygen atoms in total. The van der Waals surface area contributed by atoms with Crippen LogP contribution >= 0.6 is 0 Å². The monoisotopic (exact) mass is 384 g/mol. The number of aryl methyl sites for hydroxylation is 2. The van der Waals surface area contributed by atoms with Crippen LogP contribution in [0.4, 0.5) is 5.69 Å². The predicted octanol–water partition coefficient (Wildman–Crippen LogP) is 3.72. The molecule has 0 bridgehead atoms. The van der Waals surface area contributed by atoms with Crippen LogP contribution in [0.25, 0.3) is 17.6 Å². The summed E-state index contributed by atoms with van der Waals surface area (Å²) in [7, 11) is 0. The molecule has 0 saturated carbocycles. The molecule has 0 unspecified atom stereocenters. The Labute approximate surface area is 168 Å². The highest BCUT2D eigenvalue weighted by Crippen LogP contribution is 2.13. The van der Waals surface area contributed by atoms with Gasteiger partial charge in [-0.3, -0.25) is 4.79 Å².